The molecular formula is C15H22F2N2. The van der Waals surface area contributed by atoms with Crippen LogP contribution in [0.3, 0.4) is 0 Å². The summed E-state index contributed by atoms with van der Waals surface area (Å²) in [7, 11) is 0. The smallest absolute Gasteiger partial charge is 0.151 e. The molecule has 1 aliphatic carbocycles. The van der Waals surface area contributed by atoms with Crippen LogP contribution < -0.4 is 11.1 Å². The number of benzene rings is 1. The lowest BCUT2D eigenvalue weighted by atomic mass is 9.77. The Balaban J connectivity index is 2.19. The van der Waals surface area contributed by atoms with Gasteiger partial charge in [-0.1, -0.05) is 26.7 Å². The lowest BCUT2D eigenvalue weighted by Gasteiger charge is -2.35. The van der Waals surface area contributed by atoms with E-state index >= 15 is 0 Å². The van der Waals surface area contributed by atoms with Crippen molar-refractivity contribution in [1.29, 1.82) is 0 Å². The summed E-state index contributed by atoms with van der Waals surface area (Å²) >= 11 is 0. The highest BCUT2D eigenvalue weighted by atomic mass is 19.1. The SMILES string of the molecule is CC(C)C1CCCCC1Nc1cc(F)cc(F)c1N. The quantitative estimate of drug-likeness (QED) is 0.807. The second-order valence-electron chi connectivity index (χ2n) is 5.79. The average Bonchev–Trinajstić information content (AvgIpc) is 2.35. The van der Waals surface area contributed by atoms with Gasteiger partial charge in [0.15, 0.2) is 5.82 Å². The number of nitrogen functional groups attached to an aromatic ring is 1. The predicted molar refractivity (Wildman–Crippen MR) is 75.0 cm³/mol. The number of nitrogens with two attached hydrogens (primary N) is 1. The van der Waals surface area contributed by atoms with Gasteiger partial charge in [-0.25, -0.2) is 8.78 Å². The highest BCUT2D eigenvalue weighted by Crippen LogP contribution is 2.34. The third kappa shape index (κ3) is 3.17. The number of rotatable bonds is 3. The zero-order valence-electron chi connectivity index (χ0n) is 11.5. The summed E-state index contributed by atoms with van der Waals surface area (Å²) < 4.78 is 26.7. The van der Waals surface area contributed by atoms with Crippen LogP contribution in [-0.4, -0.2) is 6.04 Å². The molecule has 1 aromatic rings. The van der Waals surface area contributed by atoms with Gasteiger partial charge in [-0.2, -0.15) is 0 Å². The van der Waals surface area contributed by atoms with Gasteiger partial charge in [0.25, 0.3) is 0 Å². The van der Waals surface area contributed by atoms with Crippen molar-refractivity contribution in [3.63, 3.8) is 0 Å². The Morgan fingerprint density at radius 2 is 1.89 bits per heavy atom. The van der Waals surface area contributed by atoms with Crippen LogP contribution in [0.1, 0.15) is 39.5 Å². The Morgan fingerprint density at radius 1 is 1.21 bits per heavy atom. The standard InChI is InChI=1S/C15H22F2N2/c1-9(2)11-5-3-4-6-13(11)19-14-8-10(16)7-12(17)15(14)18/h7-9,11,13,19H,3-6,18H2,1-2H3. The van der Waals surface area contributed by atoms with E-state index in [1.165, 1.54) is 12.5 Å². The summed E-state index contributed by atoms with van der Waals surface area (Å²) in [6.07, 6.45) is 4.57. The molecule has 1 aliphatic rings. The second kappa shape index (κ2) is 5.76. The first-order chi connectivity index (χ1) is 8.99. The molecule has 0 amide bonds. The van der Waals surface area contributed by atoms with Crippen molar-refractivity contribution in [2.45, 2.75) is 45.6 Å². The van der Waals surface area contributed by atoms with Crippen LogP contribution in [0.15, 0.2) is 12.1 Å². The average molecular weight is 268 g/mol. The van der Waals surface area contributed by atoms with Crippen molar-refractivity contribution in [3.05, 3.63) is 23.8 Å². The predicted octanol–water partition coefficient (Wildman–Crippen LogP) is 4.17. The van der Waals surface area contributed by atoms with Gasteiger partial charge in [-0.15, -0.1) is 0 Å². The van der Waals surface area contributed by atoms with E-state index in [0.717, 1.165) is 25.3 Å². The summed E-state index contributed by atoms with van der Waals surface area (Å²) in [5.41, 5.74) is 6.08. The molecule has 2 atom stereocenters. The highest BCUT2D eigenvalue weighted by Gasteiger charge is 2.28. The van der Waals surface area contributed by atoms with Gasteiger partial charge in [0, 0.05) is 12.1 Å². The molecule has 0 saturated heterocycles. The molecule has 0 aromatic heterocycles. The largest absolute Gasteiger partial charge is 0.395 e. The molecule has 0 aliphatic heterocycles. The third-order valence-electron chi connectivity index (χ3n) is 4.11. The number of anilines is 2. The van der Waals surface area contributed by atoms with E-state index in [2.05, 4.69) is 19.2 Å². The minimum absolute atomic E-state index is 0.00878. The molecule has 4 heteroatoms. The molecule has 1 aromatic carbocycles. The fraction of sp³-hybridized carbons (Fsp3) is 0.600. The molecule has 2 rings (SSSR count). The van der Waals surface area contributed by atoms with Gasteiger partial charge in [0.2, 0.25) is 0 Å². The molecule has 3 N–H and O–H groups in total. The number of hydrogen-bond donors (Lipinski definition) is 2. The van der Waals surface area contributed by atoms with E-state index in [9.17, 15) is 8.78 Å². The Labute approximate surface area is 113 Å². The minimum atomic E-state index is -0.695. The van der Waals surface area contributed by atoms with E-state index in [0.29, 0.717) is 17.5 Å². The number of hydrogen-bond acceptors (Lipinski definition) is 2. The van der Waals surface area contributed by atoms with Crippen LogP contribution in [-0.2, 0) is 0 Å². The van der Waals surface area contributed by atoms with Gasteiger partial charge < -0.3 is 11.1 Å². The molecule has 2 nitrogen and oxygen atoms in total. The second-order valence-corrected chi connectivity index (χ2v) is 5.79. The third-order valence-corrected chi connectivity index (χ3v) is 4.11. The molecule has 19 heavy (non-hydrogen) atoms. The molecule has 0 spiro atoms. The lowest BCUT2D eigenvalue weighted by Crippen LogP contribution is -2.35. The molecule has 1 saturated carbocycles. The van der Waals surface area contributed by atoms with Crippen LogP contribution in [0.25, 0.3) is 0 Å². The number of halogens is 2. The fourth-order valence-corrected chi connectivity index (χ4v) is 3.04. The first kappa shape index (κ1) is 14.1. The zero-order chi connectivity index (χ0) is 14.0. The van der Waals surface area contributed by atoms with Crippen molar-refractivity contribution in [3.8, 4) is 0 Å². The molecule has 1 fully saturated rings. The van der Waals surface area contributed by atoms with Gasteiger partial charge >= 0.3 is 0 Å². The van der Waals surface area contributed by atoms with E-state index < -0.39 is 11.6 Å². The molecule has 0 bridgehead atoms. The zero-order valence-corrected chi connectivity index (χ0v) is 11.5. The Morgan fingerprint density at radius 3 is 2.58 bits per heavy atom. The van der Waals surface area contributed by atoms with Crippen LogP contribution in [0.2, 0.25) is 0 Å². The van der Waals surface area contributed by atoms with Crippen LogP contribution in [0, 0.1) is 23.5 Å². The maximum absolute atomic E-state index is 13.4. The maximum atomic E-state index is 13.4. The number of nitrogens with one attached hydrogen (secondary N) is 1. The van der Waals surface area contributed by atoms with Crippen molar-refractivity contribution in [2.24, 2.45) is 11.8 Å². The normalized spacial score (nSPS) is 23.6. The Hall–Kier alpha value is -1.32. The van der Waals surface area contributed by atoms with Crippen molar-refractivity contribution >= 4 is 11.4 Å². The van der Waals surface area contributed by atoms with Crippen molar-refractivity contribution in [1.82, 2.24) is 0 Å². The summed E-state index contributed by atoms with van der Waals surface area (Å²) in [4.78, 5) is 0. The van der Waals surface area contributed by atoms with Gasteiger partial charge in [-0.3, -0.25) is 0 Å². The van der Waals surface area contributed by atoms with E-state index in [1.54, 1.807) is 0 Å². The van der Waals surface area contributed by atoms with Crippen LogP contribution >= 0.6 is 0 Å². The summed E-state index contributed by atoms with van der Waals surface area (Å²) in [5, 5.41) is 3.26. The van der Waals surface area contributed by atoms with E-state index in [1.807, 2.05) is 0 Å². The first-order valence-electron chi connectivity index (χ1n) is 7.00. The van der Waals surface area contributed by atoms with Crippen molar-refractivity contribution in [2.75, 3.05) is 11.1 Å². The summed E-state index contributed by atoms with van der Waals surface area (Å²) in [6, 6.07) is 2.35. The Bertz CT molecular complexity index is 446. The lowest BCUT2D eigenvalue weighted by molar-refractivity contribution is 0.254. The monoisotopic (exact) mass is 268 g/mol. The van der Waals surface area contributed by atoms with Crippen LogP contribution in [0.5, 0.6) is 0 Å². The maximum Gasteiger partial charge on any atom is 0.151 e. The van der Waals surface area contributed by atoms with E-state index in [4.69, 9.17) is 5.73 Å². The fourth-order valence-electron chi connectivity index (χ4n) is 3.04. The Kier molecular flexibility index (Phi) is 4.27. The molecule has 0 radical (unpaired) electrons. The van der Waals surface area contributed by atoms with Gasteiger partial charge in [0.1, 0.15) is 5.82 Å². The minimum Gasteiger partial charge on any atom is -0.395 e. The van der Waals surface area contributed by atoms with Crippen LogP contribution in [0.4, 0.5) is 20.2 Å². The summed E-state index contributed by atoms with van der Waals surface area (Å²) in [5.74, 6) is -0.206. The highest BCUT2D eigenvalue weighted by molar-refractivity contribution is 5.67. The molecular weight excluding hydrogens is 246 g/mol. The van der Waals surface area contributed by atoms with Gasteiger partial charge in [0.05, 0.1) is 11.4 Å². The molecule has 0 heterocycles. The van der Waals surface area contributed by atoms with Gasteiger partial charge in [-0.05, 0) is 30.7 Å². The summed E-state index contributed by atoms with van der Waals surface area (Å²) in [6.45, 7) is 4.39. The molecule has 2 unspecified atom stereocenters. The topological polar surface area (TPSA) is 38.0 Å². The van der Waals surface area contributed by atoms with Crippen molar-refractivity contribution < 1.29 is 8.78 Å². The molecule has 106 valence electrons. The first-order valence-corrected chi connectivity index (χ1v) is 7.00. The van der Waals surface area contributed by atoms with E-state index in [-0.39, 0.29) is 11.7 Å².